The van der Waals surface area contributed by atoms with Crippen LogP contribution in [-0.4, -0.2) is 56.2 Å². The van der Waals surface area contributed by atoms with Crippen LogP contribution in [0.1, 0.15) is 26.7 Å². The van der Waals surface area contributed by atoms with Crippen molar-refractivity contribution in [3.05, 3.63) is 28.4 Å². The minimum Gasteiger partial charge on any atom is -0.329 e. The first-order chi connectivity index (χ1) is 13.9. The van der Waals surface area contributed by atoms with E-state index >= 15 is 0 Å². The minimum atomic E-state index is -4.92. The predicted octanol–water partition coefficient (Wildman–Crippen LogP) is 1.62. The summed E-state index contributed by atoms with van der Waals surface area (Å²) in [6, 6.07) is 2.67. The van der Waals surface area contributed by atoms with Crippen LogP contribution in [0.25, 0.3) is 0 Å². The summed E-state index contributed by atoms with van der Waals surface area (Å²) in [5.41, 5.74) is -0.189. The number of nitrogens with zero attached hydrogens (tertiary/aromatic N) is 3. The molecule has 1 saturated heterocycles. The first-order valence-corrected chi connectivity index (χ1v) is 12.1. The van der Waals surface area contributed by atoms with Crippen LogP contribution >= 0.6 is 21.6 Å². The van der Waals surface area contributed by atoms with Crippen LogP contribution in [0, 0.1) is 16.0 Å². The van der Waals surface area contributed by atoms with Gasteiger partial charge in [0.25, 0.3) is 27.6 Å². The summed E-state index contributed by atoms with van der Waals surface area (Å²) in [6.45, 7) is 2.97. The molecule has 2 heterocycles. The van der Waals surface area contributed by atoms with Crippen LogP contribution in [-0.2, 0) is 29.3 Å². The van der Waals surface area contributed by atoms with Crippen molar-refractivity contribution in [3.63, 3.8) is 0 Å². The van der Waals surface area contributed by atoms with Gasteiger partial charge in [0.2, 0.25) is 0 Å². The van der Waals surface area contributed by atoms with E-state index in [4.69, 9.17) is 0 Å². The highest BCUT2D eigenvalue weighted by Gasteiger charge is 2.44. The maximum atomic E-state index is 12.4. The van der Waals surface area contributed by atoms with Crippen molar-refractivity contribution in [1.82, 2.24) is 10.0 Å². The number of amides is 2. The van der Waals surface area contributed by atoms with Gasteiger partial charge >= 0.3 is 5.97 Å². The second-order valence-corrected chi connectivity index (χ2v) is 10.4. The normalized spacial score (nSPS) is 17.5. The molecule has 1 aliphatic rings. The van der Waals surface area contributed by atoms with Gasteiger partial charge in [0, 0.05) is 24.2 Å². The maximum Gasteiger partial charge on any atom is 0.354 e. The summed E-state index contributed by atoms with van der Waals surface area (Å²) in [6.07, 6.45) is 0.742. The fourth-order valence-electron chi connectivity index (χ4n) is 2.40. The van der Waals surface area contributed by atoms with E-state index in [0.29, 0.717) is 5.03 Å². The molecule has 3 atom stereocenters. The molecule has 0 radical (unpaired) electrons. The third-order valence-electron chi connectivity index (χ3n) is 4.18. The van der Waals surface area contributed by atoms with E-state index in [1.54, 1.807) is 6.92 Å². The SMILES string of the molecule is CC(SSc1ccc([N+](=O)[O-])cn1)C(C)C(C(=O)ON1C(=O)CCC1=O)S(=O)(=O)O. The fourth-order valence-corrected chi connectivity index (χ4v) is 5.93. The molecule has 164 valence electrons. The number of carbonyl (C=O) groups is 3. The molecule has 15 heteroatoms. The zero-order chi connectivity index (χ0) is 22.6. The molecular formula is C15H17N3O9S3. The molecule has 30 heavy (non-hydrogen) atoms. The lowest BCUT2D eigenvalue weighted by atomic mass is 10.0. The van der Waals surface area contributed by atoms with Gasteiger partial charge in [0.15, 0.2) is 5.25 Å². The average molecular weight is 480 g/mol. The van der Waals surface area contributed by atoms with Gasteiger partial charge in [-0.3, -0.25) is 24.3 Å². The first-order valence-electron chi connectivity index (χ1n) is 8.39. The first kappa shape index (κ1) is 24.0. The Labute approximate surface area is 179 Å². The van der Waals surface area contributed by atoms with Crippen molar-refractivity contribution in [3.8, 4) is 0 Å². The third kappa shape index (κ3) is 5.90. The topological polar surface area (TPSA) is 174 Å². The van der Waals surface area contributed by atoms with E-state index in [0.717, 1.165) is 27.8 Å². The van der Waals surface area contributed by atoms with Gasteiger partial charge < -0.3 is 4.84 Å². The standard InChI is InChI=1S/C15H17N3O9S3/c1-8(9(2)28-29-11-4-3-10(7-16-11)18(22)23)14(30(24,25)26)15(21)27-17-12(19)5-6-13(17)20/h3-4,7-9,14H,5-6H2,1-2H3,(H,24,25,26). The van der Waals surface area contributed by atoms with Gasteiger partial charge in [-0.15, -0.1) is 5.06 Å². The van der Waals surface area contributed by atoms with Gasteiger partial charge in [-0.1, -0.05) is 24.6 Å². The molecule has 0 bridgehead atoms. The van der Waals surface area contributed by atoms with Crippen LogP contribution in [0.4, 0.5) is 5.69 Å². The smallest absolute Gasteiger partial charge is 0.329 e. The minimum absolute atomic E-state index is 0.163. The number of hydrogen-bond donors (Lipinski definition) is 1. The largest absolute Gasteiger partial charge is 0.354 e. The van der Waals surface area contributed by atoms with Crippen molar-refractivity contribution in [2.45, 2.75) is 42.2 Å². The molecule has 1 fully saturated rings. The summed E-state index contributed by atoms with van der Waals surface area (Å²) in [5.74, 6) is -4.00. The molecule has 2 amide bonds. The number of aromatic nitrogens is 1. The second kappa shape index (κ2) is 9.72. The molecule has 1 aromatic heterocycles. The Morgan fingerprint density at radius 1 is 1.30 bits per heavy atom. The lowest BCUT2D eigenvalue weighted by Gasteiger charge is -2.25. The maximum absolute atomic E-state index is 12.4. The Hall–Kier alpha value is -2.23. The molecule has 1 N–H and O–H groups in total. The molecule has 0 aliphatic carbocycles. The van der Waals surface area contributed by atoms with Crippen LogP contribution in [0.3, 0.4) is 0 Å². The number of carbonyl (C=O) groups excluding carboxylic acids is 3. The second-order valence-electron chi connectivity index (χ2n) is 6.28. The van der Waals surface area contributed by atoms with Gasteiger partial charge in [0.05, 0.1) is 4.92 Å². The molecule has 0 saturated carbocycles. The summed E-state index contributed by atoms with van der Waals surface area (Å²) < 4.78 is 33.1. The summed E-state index contributed by atoms with van der Waals surface area (Å²) in [4.78, 5) is 54.1. The quantitative estimate of drug-likeness (QED) is 0.178. The molecule has 0 spiro atoms. The van der Waals surface area contributed by atoms with Gasteiger partial charge in [0.1, 0.15) is 11.2 Å². The van der Waals surface area contributed by atoms with Gasteiger partial charge in [-0.25, -0.2) is 9.78 Å². The number of pyridine rings is 1. The monoisotopic (exact) mass is 479 g/mol. The van der Waals surface area contributed by atoms with E-state index in [2.05, 4.69) is 9.82 Å². The Balaban J connectivity index is 2.07. The van der Waals surface area contributed by atoms with Gasteiger partial charge in [-0.05, 0) is 22.8 Å². The summed E-state index contributed by atoms with van der Waals surface area (Å²) in [7, 11) is -2.72. The summed E-state index contributed by atoms with van der Waals surface area (Å²) in [5, 5.41) is 8.67. The lowest BCUT2D eigenvalue weighted by Crippen LogP contribution is -2.44. The zero-order valence-corrected chi connectivity index (χ0v) is 18.1. The zero-order valence-electron chi connectivity index (χ0n) is 15.7. The number of hydroxylamine groups is 2. The Morgan fingerprint density at radius 3 is 2.37 bits per heavy atom. The van der Waals surface area contributed by atoms with E-state index in [1.807, 2.05) is 0 Å². The molecule has 0 aromatic carbocycles. The number of hydrogen-bond acceptors (Lipinski definition) is 11. The Kier molecular flexibility index (Phi) is 7.79. The van der Waals surface area contributed by atoms with Crippen LogP contribution < -0.4 is 0 Å². The van der Waals surface area contributed by atoms with E-state index in [1.165, 1.54) is 19.1 Å². The molecule has 1 aromatic rings. The third-order valence-corrected chi connectivity index (χ3v) is 8.39. The van der Waals surface area contributed by atoms with Gasteiger partial charge in [-0.2, -0.15) is 8.42 Å². The fraction of sp³-hybridized carbons (Fsp3) is 0.467. The molecule has 1 aliphatic heterocycles. The van der Waals surface area contributed by atoms with Crippen molar-refractivity contribution in [1.29, 1.82) is 0 Å². The Morgan fingerprint density at radius 2 is 1.90 bits per heavy atom. The number of rotatable bonds is 9. The molecule has 3 unspecified atom stereocenters. The number of imide groups is 1. The van der Waals surface area contributed by atoms with Crippen LogP contribution in [0.5, 0.6) is 0 Å². The number of nitro groups is 1. The van der Waals surface area contributed by atoms with E-state index in [9.17, 15) is 37.5 Å². The van der Waals surface area contributed by atoms with Crippen molar-refractivity contribution < 1.29 is 37.1 Å². The van der Waals surface area contributed by atoms with E-state index < -0.39 is 49.2 Å². The highest BCUT2D eigenvalue weighted by atomic mass is 33.1. The van der Waals surface area contributed by atoms with Crippen LogP contribution in [0.2, 0.25) is 0 Å². The molecule has 2 rings (SSSR count). The van der Waals surface area contributed by atoms with Crippen molar-refractivity contribution in [2.75, 3.05) is 0 Å². The highest BCUT2D eigenvalue weighted by Crippen LogP contribution is 2.38. The Bertz CT molecular complexity index is 936. The lowest BCUT2D eigenvalue weighted by molar-refractivity contribution is -0.385. The van der Waals surface area contributed by atoms with Crippen LogP contribution in [0.15, 0.2) is 23.4 Å². The molecule has 12 nitrogen and oxygen atoms in total. The highest BCUT2D eigenvalue weighted by molar-refractivity contribution is 8.76. The average Bonchev–Trinajstić information content (AvgIpc) is 2.97. The van der Waals surface area contributed by atoms with Crippen molar-refractivity contribution >= 4 is 55.2 Å². The van der Waals surface area contributed by atoms with E-state index in [-0.39, 0.29) is 23.6 Å². The van der Waals surface area contributed by atoms with Crippen molar-refractivity contribution in [2.24, 2.45) is 5.92 Å². The molecular weight excluding hydrogens is 462 g/mol. The predicted molar refractivity (Wildman–Crippen MR) is 105 cm³/mol. The summed E-state index contributed by atoms with van der Waals surface area (Å²) >= 11 is 0.